The molecule has 2 aromatic rings. The Morgan fingerprint density at radius 2 is 2.50 bits per heavy atom. The van der Waals surface area contributed by atoms with Gasteiger partial charge in [0.2, 0.25) is 0 Å². The Hall–Kier alpha value is -1.30. The van der Waals surface area contributed by atoms with E-state index in [1.165, 1.54) is 0 Å². The second kappa shape index (κ2) is 2.98. The number of hydrogen-bond acceptors (Lipinski definition) is 5. The summed E-state index contributed by atoms with van der Waals surface area (Å²) < 4.78 is 0. The molecule has 0 aromatic carbocycles. The van der Waals surface area contributed by atoms with Crippen molar-refractivity contribution < 1.29 is 0 Å². The molecule has 5 nitrogen and oxygen atoms in total. The molecule has 0 radical (unpaired) electrons. The summed E-state index contributed by atoms with van der Waals surface area (Å²) in [5, 5.41) is 16.6. The molecule has 12 heavy (non-hydrogen) atoms. The fourth-order valence-corrected chi connectivity index (χ4v) is 1.64. The molecule has 0 aliphatic carbocycles. The highest BCUT2D eigenvalue weighted by molar-refractivity contribution is 7.09. The Morgan fingerprint density at radius 3 is 3.08 bits per heavy atom. The largest absolute Gasteiger partial charge is 0.246 e. The maximum absolute atomic E-state index is 4.28. The number of aromatic amines is 1. The smallest absolute Gasteiger partial charge is 0.181 e. The number of tetrazole rings is 1. The van der Waals surface area contributed by atoms with Crippen LogP contribution in [0, 0.1) is 6.92 Å². The maximum atomic E-state index is 4.28. The third-order valence-electron chi connectivity index (χ3n) is 1.37. The number of aryl methyl sites for hydroxylation is 1. The van der Waals surface area contributed by atoms with Crippen LogP contribution >= 0.6 is 11.3 Å². The van der Waals surface area contributed by atoms with Crippen molar-refractivity contribution in [1.29, 1.82) is 0 Å². The normalized spacial score (nSPS) is 10.4. The lowest BCUT2D eigenvalue weighted by Crippen LogP contribution is -1.90. The van der Waals surface area contributed by atoms with Gasteiger partial charge in [0.1, 0.15) is 5.01 Å². The van der Waals surface area contributed by atoms with Gasteiger partial charge in [-0.3, -0.25) is 0 Å². The second-order valence-corrected chi connectivity index (χ2v) is 3.33. The molecule has 0 amide bonds. The number of nitrogens with zero attached hydrogens (tertiary/aromatic N) is 4. The van der Waals surface area contributed by atoms with E-state index in [0.29, 0.717) is 12.2 Å². The van der Waals surface area contributed by atoms with Gasteiger partial charge in [0.05, 0.1) is 6.42 Å². The Balaban J connectivity index is 2.14. The highest BCUT2D eigenvalue weighted by Gasteiger charge is 2.03. The van der Waals surface area contributed by atoms with Crippen molar-refractivity contribution in [2.75, 3.05) is 0 Å². The summed E-state index contributed by atoms with van der Waals surface area (Å²) in [5.41, 5.74) is 1.04. The molecule has 2 heterocycles. The van der Waals surface area contributed by atoms with Crippen LogP contribution in [-0.4, -0.2) is 25.6 Å². The number of H-pyrrole nitrogens is 1. The van der Waals surface area contributed by atoms with Crippen molar-refractivity contribution in [2.45, 2.75) is 13.3 Å². The van der Waals surface area contributed by atoms with E-state index in [1.54, 1.807) is 11.3 Å². The number of aromatic nitrogens is 5. The fraction of sp³-hybridized carbons (Fsp3) is 0.333. The van der Waals surface area contributed by atoms with Gasteiger partial charge in [-0.05, 0) is 6.92 Å². The first kappa shape index (κ1) is 7.35. The molecule has 0 saturated heterocycles. The van der Waals surface area contributed by atoms with E-state index in [1.807, 2.05) is 12.3 Å². The van der Waals surface area contributed by atoms with Crippen molar-refractivity contribution in [2.24, 2.45) is 0 Å². The van der Waals surface area contributed by atoms with E-state index in [2.05, 4.69) is 25.6 Å². The monoisotopic (exact) mass is 181 g/mol. The fourth-order valence-electron chi connectivity index (χ4n) is 0.877. The van der Waals surface area contributed by atoms with Crippen LogP contribution in [0.5, 0.6) is 0 Å². The maximum Gasteiger partial charge on any atom is 0.181 e. The molecule has 0 atom stereocenters. The third kappa shape index (κ3) is 1.48. The molecular formula is C6H7N5S. The van der Waals surface area contributed by atoms with Gasteiger partial charge in [0, 0.05) is 11.1 Å². The lowest BCUT2D eigenvalue weighted by Gasteiger charge is -1.85. The molecule has 0 aliphatic rings. The van der Waals surface area contributed by atoms with Gasteiger partial charge in [0.15, 0.2) is 5.82 Å². The number of thiazole rings is 1. The zero-order valence-corrected chi connectivity index (χ0v) is 7.30. The standard InChI is InChI=1S/C6H7N5S/c1-4-3-12-6(7-4)2-5-8-10-11-9-5/h3H,2H2,1H3,(H,8,9,10,11). The van der Waals surface area contributed by atoms with Gasteiger partial charge in [-0.25, -0.2) is 4.98 Å². The summed E-state index contributed by atoms with van der Waals surface area (Å²) in [6.45, 7) is 1.97. The topological polar surface area (TPSA) is 67.3 Å². The quantitative estimate of drug-likeness (QED) is 0.734. The SMILES string of the molecule is Cc1csc(Cc2nn[nH]n2)n1. The van der Waals surface area contributed by atoms with Gasteiger partial charge < -0.3 is 0 Å². The molecule has 0 spiro atoms. The summed E-state index contributed by atoms with van der Waals surface area (Å²) in [6.07, 6.45) is 0.662. The van der Waals surface area contributed by atoms with Gasteiger partial charge in [-0.1, -0.05) is 5.21 Å². The van der Waals surface area contributed by atoms with Crippen molar-refractivity contribution in [3.05, 3.63) is 21.9 Å². The van der Waals surface area contributed by atoms with Gasteiger partial charge in [0.25, 0.3) is 0 Å². The van der Waals surface area contributed by atoms with Crippen LogP contribution in [-0.2, 0) is 6.42 Å². The molecule has 62 valence electrons. The van der Waals surface area contributed by atoms with Crippen LogP contribution in [0.1, 0.15) is 16.5 Å². The average molecular weight is 181 g/mol. The van der Waals surface area contributed by atoms with E-state index < -0.39 is 0 Å². The molecule has 2 rings (SSSR count). The number of hydrogen-bond donors (Lipinski definition) is 1. The Morgan fingerprint density at radius 1 is 1.58 bits per heavy atom. The van der Waals surface area contributed by atoms with Crippen LogP contribution in [0.4, 0.5) is 0 Å². The molecule has 0 bridgehead atoms. The lowest BCUT2D eigenvalue weighted by molar-refractivity contribution is 0.881. The summed E-state index contributed by atoms with van der Waals surface area (Å²) >= 11 is 1.61. The molecule has 0 saturated carbocycles. The van der Waals surface area contributed by atoms with E-state index in [-0.39, 0.29) is 0 Å². The molecule has 1 N–H and O–H groups in total. The summed E-state index contributed by atoms with van der Waals surface area (Å²) in [7, 11) is 0. The van der Waals surface area contributed by atoms with E-state index in [0.717, 1.165) is 10.7 Å². The van der Waals surface area contributed by atoms with Crippen LogP contribution in [0.15, 0.2) is 5.38 Å². The molecule has 2 aromatic heterocycles. The predicted octanol–water partition coefficient (Wildman–Crippen LogP) is 0.555. The Kier molecular flexibility index (Phi) is 1.83. The molecule has 0 fully saturated rings. The summed E-state index contributed by atoms with van der Waals surface area (Å²) in [6, 6.07) is 0. The van der Waals surface area contributed by atoms with E-state index in [4.69, 9.17) is 0 Å². The third-order valence-corrected chi connectivity index (χ3v) is 2.33. The Labute approximate surface area is 72.9 Å². The van der Waals surface area contributed by atoms with Gasteiger partial charge >= 0.3 is 0 Å². The minimum atomic E-state index is 0.662. The lowest BCUT2D eigenvalue weighted by atomic mass is 10.4. The molecule has 6 heteroatoms. The van der Waals surface area contributed by atoms with Crippen molar-refractivity contribution >= 4 is 11.3 Å². The van der Waals surface area contributed by atoms with E-state index >= 15 is 0 Å². The van der Waals surface area contributed by atoms with Crippen molar-refractivity contribution in [1.82, 2.24) is 25.6 Å². The number of rotatable bonds is 2. The van der Waals surface area contributed by atoms with Crippen LogP contribution in [0.3, 0.4) is 0 Å². The summed E-state index contributed by atoms with van der Waals surface area (Å²) in [5.74, 6) is 0.685. The summed E-state index contributed by atoms with van der Waals surface area (Å²) in [4.78, 5) is 4.28. The van der Waals surface area contributed by atoms with Gasteiger partial charge in [-0.15, -0.1) is 21.5 Å². The molecule has 0 unspecified atom stereocenters. The highest BCUT2D eigenvalue weighted by Crippen LogP contribution is 2.10. The second-order valence-electron chi connectivity index (χ2n) is 2.39. The molecule has 0 aliphatic heterocycles. The first-order valence-corrected chi connectivity index (χ1v) is 4.36. The van der Waals surface area contributed by atoms with Crippen LogP contribution in [0.25, 0.3) is 0 Å². The van der Waals surface area contributed by atoms with Crippen LogP contribution < -0.4 is 0 Å². The zero-order valence-electron chi connectivity index (χ0n) is 6.48. The first-order chi connectivity index (χ1) is 5.84. The van der Waals surface area contributed by atoms with Crippen molar-refractivity contribution in [3.8, 4) is 0 Å². The number of nitrogens with one attached hydrogen (secondary N) is 1. The zero-order chi connectivity index (χ0) is 8.39. The molecular weight excluding hydrogens is 174 g/mol. The minimum Gasteiger partial charge on any atom is -0.246 e. The predicted molar refractivity (Wildman–Crippen MR) is 43.8 cm³/mol. The highest BCUT2D eigenvalue weighted by atomic mass is 32.1. The van der Waals surface area contributed by atoms with Gasteiger partial charge in [-0.2, -0.15) is 5.21 Å². The average Bonchev–Trinajstić information content (AvgIpc) is 2.63. The van der Waals surface area contributed by atoms with E-state index in [9.17, 15) is 0 Å². The Bertz CT molecular complexity index is 352. The first-order valence-electron chi connectivity index (χ1n) is 3.48. The van der Waals surface area contributed by atoms with Crippen LogP contribution in [0.2, 0.25) is 0 Å². The minimum absolute atomic E-state index is 0.662. The van der Waals surface area contributed by atoms with Crippen molar-refractivity contribution in [3.63, 3.8) is 0 Å².